The highest BCUT2D eigenvalue weighted by Gasteiger charge is 2.34. The van der Waals surface area contributed by atoms with Crippen LogP contribution < -0.4 is 15.4 Å². The Hall–Kier alpha value is -3.59. The van der Waals surface area contributed by atoms with E-state index in [1.54, 1.807) is 6.07 Å². The second kappa shape index (κ2) is 9.95. The maximum atomic E-state index is 13.1. The van der Waals surface area contributed by atoms with E-state index in [0.29, 0.717) is 30.8 Å². The van der Waals surface area contributed by atoms with Gasteiger partial charge in [0.1, 0.15) is 17.2 Å². The number of carbonyl (C=O) groups excluding carboxylic acids is 2. The van der Waals surface area contributed by atoms with Crippen molar-refractivity contribution in [1.29, 1.82) is 0 Å². The monoisotopic (exact) mass is 503 g/mol. The van der Waals surface area contributed by atoms with E-state index in [0.717, 1.165) is 23.3 Å². The third kappa shape index (κ3) is 5.74. The number of fused-ring (bicyclic) bond motifs is 1. The number of halogens is 4. The molecular formula is C25H21ClF3N3O3. The van der Waals surface area contributed by atoms with E-state index in [1.165, 1.54) is 25.4 Å². The van der Waals surface area contributed by atoms with E-state index in [9.17, 15) is 22.8 Å². The molecule has 182 valence electrons. The molecule has 1 aliphatic rings. The molecule has 1 aliphatic carbocycles. The minimum Gasteiger partial charge on any atom is -0.457 e. The van der Waals surface area contributed by atoms with Gasteiger partial charge in [-0.15, -0.1) is 0 Å². The van der Waals surface area contributed by atoms with Crippen LogP contribution in [0.25, 0.3) is 0 Å². The molecule has 35 heavy (non-hydrogen) atoms. The average molecular weight is 504 g/mol. The first kappa shape index (κ1) is 24.5. The number of amides is 2. The Balaban J connectivity index is 1.47. The third-order valence-electron chi connectivity index (χ3n) is 5.74. The van der Waals surface area contributed by atoms with Crippen molar-refractivity contribution in [2.45, 2.75) is 25.4 Å². The molecule has 0 radical (unpaired) electrons. The van der Waals surface area contributed by atoms with Gasteiger partial charge in [-0.3, -0.25) is 14.6 Å². The summed E-state index contributed by atoms with van der Waals surface area (Å²) in [5.41, 5.74) is 1.26. The van der Waals surface area contributed by atoms with Crippen molar-refractivity contribution in [2.24, 2.45) is 5.92 Å². The Bertz CT molecular complexity index is 1280. The molecule has 0 aliphatic heterocycles. The molecule has 10 heteroatoms. The standard InChI is InChI=1S/C25H21ClF3N3O3/c1-30-24(34)22-13-19(8-9-31-22)35-18-6-4-14-2-3-15(10-16(14)11-18)23(33)32-17-5-7-21(26)20(12-17)25(27,28)29/h4-9,11-13,15H,2-3,10H2,1H3,(H,30,34)(H,32,33). The van der Waals surface area contributed by atoms with Gasteiger partial charge >= 0.3 is 6.18 Å². The molecule has 2 amide bonds. The molecule has 0 saturated heterocycles. The van der Waals surface area contributed by atoms with Crippen molar-refractivity contribution in [3.05, 3.63) is 82.1 Å². The smallest absolute Gasteiger partial charge is 0.417 e. The molecule has 4 rings (SSSR count). The number of pyridine rings is 1. The third-order valence-corrected chi connectivity index (χ3v) is 6.07. The summed E-state index contributed by atoms with van der Waals surface area (Å²) in [5.74, 6) is -0.138. The van der Waals surface area contributed by atoms with Crippen molar-refractivity contribution in [3.63, 3.8) is 0 Å². The van der Waals surface area contributed by atoms with Crippen LogP contribution in [0.15, 0.2) is 54.7 Å². The first-order valence-electron chi connectivity index (χ1n) is 10.8. The molecule has 1 unspecified atom stereocenters. The number of carbonyl (C=O) groups is 2. The van der Waals surface area contributed by atoms with Crippen LogP contribution in [-0.4, -0.2) is 23.8 Å². The lowest BCUT2D eigenvalue weighted by Crippen LogP contribution is -2.28. The van der Waals surface area contributed by atoms with Crippen LogP contribution in [0.4, 0.5) is 18.9 Å². The number of aryl methyl sites for hydroxylation is 1. The molecule has 1 heterocycles. The van der Waals surface area contributed by atoms with Crippen molar-refractivity contribution < 1.29 is 27.5 Å². The highest BCUT2D eigenvalue weighted by Crippen LogP contribution is 2.37. The maximum Gasteiger partial charge on any atom is 0.417 e. The summed E-state index contributed by atoms with van der Waals surface area (Å²) in [7, 11) is 1.51. The molecule has 0 saturated carbocycles. The summed E-state index contributed by atoms with van der Waals surface area (Å²) >= 11 is 5.66. The van der Waals surface area contributed by atoms with Gasteiger partial charge in [0.05, 0.1) is 10.6 Å². The number of aromatic nitrogens is 1. The van der Waals surface area contributed by atoms with Crippen LogP contribution in [0.5, 0.6) is 11.5 Å². The molecule has 0 spiro atoms. The maximum absolute atomic E-state index is 13.1. The zero-order chi connectivity index (χ0) is 25.2. The van der Waals surface area contributed by atoms with E-state index < -0.39 is 22.7 Å². The number of ether oxygens (including phenoxy) is 1. The largest absolute Gasteiger partial charge is 0.457 e. The summed E-state index contributed by atoms with van der Waals surface area (Å²) in [6.45, 7) is 0. The number of rotatable bonds is 5. The quantitative estimate of drug-likeness (QED) is 0.471. The Morgan fingerprint density at radius 1 is 1.06 bits per heavy atom. The van der Waals surface area contributed by atoms with Gasteiger partial charge in [0.2, 0.25) is 5.91 Å². The van der Waals surface area contributed by atoms with Crippen molar-refractivity contribution in [2.75, 3.05) is 12.4 Å². The van der Waals surface area contributed by atoms with Gasteiger partial charge in [0.15, 0.2) is 0 Å². The normalized spacial score (nSPS) is 15.2. The molecule has 2 N–H and O–H groups in total. The molecule has 2 aromatic carbocycles. The van der Waals surface area contributed by atoms with Gasteiger partial charge in [0, 0.05) is 30.9 Å². The fraction of sp³-hybridized carbons (Fsp3) is 0.240. The SMILES string of the molecule is CNC(=O)c1cc(Oc2ccc3c(c2)CC(C(=O)Nc2ccc(Cl)c(C(F)(F)F)c2)CC3)ccn1. The Kier molecular flexibility index (Phi) is 6.98. The lowest BCUT2D eigenvalue weighted by atomic mass is 9.83. The second-order valence-electron chi connectivity index (χ2n) is 8.11. The predicted octanol–water partition coefficient (Wildman–Crippen LogP) is 5.65. The highest BCUT2D eigenvalue weighted by molar-refractivity contribution is 6.31. The molecule has 1 aromatic heterocycles. The Morgan fingerprint density at radius 2 is 1.83 bits per heavy atom. The zero-order valence-electron chi connectivity index (χ0n) is 18.6. The van der Waals surface area contributed by atoms with Crippen LogP contribution in [0, 0.1) is 5.92 Å². The van der Waals surface area contributed by atoms with E-state index >= 15 is 0 Å². The van der Waals surface area contributed by atoms with Crippen LogP contribution in [0.2, 0.25) is 5.02 Å². The van der Waals surface area contributed by atoms with Gasteiger partial charge in [-0.05, 0) is 66.8 Å². The fourth-order valence-electron chi connectivity index (χ4n) is 3.95. The van der Waals surface area contributed by atoms with Gasteiger partial charge in [-0.2, -0.15) is 13.2 Å². The lowest BCUT2D eigenvalue weighted by Gasteiger charge is -2.24. The number of alkyl halides is 3. The number of benzene rings is 2. The lowest BCUT2D eigenvalue weighted by molar-refractivity contribution is -0.137. The van der Waals surface area contributed by atoms with Crippen LogP contribution in [-0.2, 0) is 23.8 Å². The summed E-state index contributed by atoms with van der Waals surface area (Å²) in [4.78, 5) is 28.6. The number of anilines is 1. The number of nitrogens with zero attached hydrogens (tertiary/aromatic N) is 1. The second-order valence-corrected chi connectivity index (χ2v) is 8.52. The summed E-state index contributed by atoms with van der Waals surface area (Å²) < 4.78 is 45.3. The minimum atomic E-state index is -4.62. The van der Waals surface area contributed by atoms with Crippen LogP contribution in [0.1, 0.15) is 33.6 Å². The van der Waals surface area contributed by atoms with Crippen LogP contribution >= 0.6 is 11.6 Å². The van der Waals surface area contributed by atoms with Crippen molar-refractivity contribution in [3.8, 4) is 11.5 Å². The number of hydrogen-bond acceptors (Lipinski definition) is 4. The Labute approximate surface area is 204 Å². The van der Waals surface area contributed by atoms with E-state index in [2.05, 4.69) is 15.6 Å². The van der Waals surface area contributed by atoms with Gasteiger partial charge in [-0.25, -0.2) is 0 Å². The first-order chi connectivity index (χ1) is 16.6. The highest BCUT2D eigenvalue weighted by atomic mass is 35.5. The summed E-state index contributed by atoms with van der Waals surface area (Å²) in [6.07, 6.45) is -1.51. The number of nitrogens with one attached hydrogen (secondary N) is 2. The topological polar surface area (TPSA) is 80.3 Å². The molecule has 0 bridgehead atoms. The zero-order valence-corrected chi connectivity index (χ0v) is 19.3. The molecule has 3 aromatic rings. The Morgan fingerprint density at radius 3 is 2.57 bits per heavy atom. The summed E-state index contributed by atoms with van der Waals surface area (Å²) in [5, 5.41) is 4.66. The molecule has 6 nitrogen and oxygen atoms in total. The van der Waals surface area contributed by atoms with E-state index in [4.69, 9.17) is 16.3 Å². The van der Waals surface area contributed by atoms with E-state index in [-0.39, 0.29) is 23.2 Å². The van der Waals surface area contributed by atoms with Gasteiger partial charge < -0.3 is 15.4 Å². The van der Waals surface area contributed by atoms with Crippen molar-refractivity contribution >= 4 is 29.1 Å². The molecular weight excluding hydrogens is 483 g/mol. The fourth-order valence-corrected chi connectivity index (χ4v) is 4.17. The summed E-state index contributed by atoms with van der Waals surface area (Å²) in [6, 6.07) is 12.0. The average Bonchev–Trinajstić information content (AvgIpc) is 2.83. The molecule has 1 atom stereocenters. The predicted molar refractivity (Wildman–Crippen MR) is 125 cm³/mol. The van der Waals surface area contributed by atoms with Crippen LogP contribution in [0.3, 0.4) is 0 Å². The number of hydrogen-bond donors (Lipinski definition) is 2. The minimum absolute atomic E-state index is 0.0409. The van der Waals surface area contributed by atoms with Gasteiger partial charge in [-0.1, -0.05) is 17.7 Å². The molecule has 0 fully saturated rings. The van der Waals surface area contributed by atoms with E-state index in [1.807, 2.05) is 18.2 Å². The van der Waals surface area contributed by atoms with Crippen molar-refractivity contribution in [1.82, 2.24) is 10.3 Å². The first-order valence-corrected chi connectivity index (χ1v) is 11.2. The van der Waals surface area contributed by atoms with Gasteiger partial charge in [0.25, 0.3) is 5.91 Å².